The van der Waals surface area contributed by atoms with Gasteiger partial charge in [0.1, 0.15) is 5.82 Å². The first-order chi connectivity index (χ1) is 11.0. The Morgan fingerprint density at radius 3 is 2.61 bits per heavy atom. The van der Waals surface area contributed by atoms with E-state index in [1.54, 1.807) is 12.3 Å². The molecule has 0 radical (unpaired) electrons. The van der Waals surface area contributed by atoms with Crippen LogP contribution in [0.2, 0.25) is 0 Å². The van der Waals surface area contributed by atoms with Crippen molar-refractivity contribution in [1.29, 1.82) is 0 Å². The van der Waals surface area contributed by atoms with Gasteiger partial charge in [0.2, 0.25) is 11.8 Å². The number of hydrogen-bond acceptors (Lipinski definition) is 5. The Hall–Kier alpha value is -2.31. The van der Waals surface area contributed by atoms with Gasteiger partial charge in [0.15, 0.2) is 12.0 Å². The van der Waals surface area contributed by atoms with Crippen molar-refractivity contribution < 1.29 is 18.8 Å². The Labute approximate surface area is 133 Å². The number of hydrogen-bond donors (Lipinski definition) is 1. The lowest BCUT2D eigenvalue weighted by Gasteiger charge is -2.34. The fourth-order valence-corrected chi connectivity index (χ4v) is 3.03. The highest BCUT2D eigenvalue weighted by Crippen LogP contribution is 2.29. The number of aldehydes is 1. The predicted molar refractivity (Wildman–Crippen MR) is 80.7 cm³/mol. The maximum atomic E-state index is 13.9. The molecule has 0 aromatic carbocycles. The van der Waals surface area contributed by atoms with Crippen LogP contribution in [0.3, 0.4) is 0 Å². The molecule has 6 nitrogen and oxygen atoms in total. The molecular formula is C16H18FN3O3. The molecule has 1 N–H and O–H groups in total. The predicted octanol–water partition coefficient (Wildman–Crippen LogP) is 1.11. The quantitative estimate of drug-likeness (QED) is 0.667. The smallest absolute Gasteiger partial charge is 0.234 e. The van der Waals surface area contributed by atoms with Crippen LogP contribution >= 0.6 is 0 Å². The Morgan fingerprint density at radius 1 is 1.30 bits per heavy atom. The molecule has 0 spiro atoms. The summed E-state index contributed by atoms with van der Waals surface area (Å²) in [5.41, 5.74) is -0.952. The Kier molecular flexibility index (Phi) is 4.11. The standard InChI is InChI=1S/C16H18FN3O3/c17-16(10-21)5-7-20(8-6-16)13-3-1-11(9-18-13)12-2-4-14(22)19-15(12)23/h1,3,9-10,12H,2,4-8H2,(H,19,22,23). The Balaban J connectivity index is 1.67. The molecule has 0 bridgehead atoms. The first-order valence-corrected chi connectivity index (χ1v) is 7.71. The highest BCUT2D eigenvalue weighted by atomic mass is 19.1. The van der Waals surface area contributed by atoms with Crippen molar-refractivity contribution in [2.24, 2.45) is 0 Å². The maximum Gasteiger partial charge on any atom is 0.234 e. The van der Waals surface area contributed by atoms with Crippen molar-refractivity contribution in [3.8, 4) is 0 Å². The average molecular weight is 319 g/mol. The van der Waals surface area contributed by atoms with E-state index >= 15 is 0 Å². The van der Waals surface area contributed by atoms with E-state index in [1.807, 2.05) is 11.0 Å². The average Bonchev–Trinajstić information content (AvgIpc) is 2.56. The molecule has 7 heteroatoms. The summed E-state index contributed by atoms with van der Waals surface area (Å²) >= 11 is 0. The van der Waals surface area contributed by atoms with Gasteiger partial charge in [-0.2, -0.15) is 0 Å². The van der Waals surface area contributed by atoms with Crippen molar-refractivity contribution in [3.63, 3.8) is 0 Å². The van der Waals surface area contributed by atoms with E-state index in [9.17, 15) is 18.8 Å². The molecule has 1 aromatic rings. The van der Waals surface area contributed by atoms with Crippen LogP contribution in [0.1, 0.15) is 37.2 Å². The van der Waals surface area contributed by atoms with E-state index in [0.29, 0.717) is 38.0 Å². The van der Waals surface area contributed by atoms with Gasteiger partial charge < -0.3 is 4.90 Å². The molecule has 1 atom stereocenters. The number of alkyl halides is 1. The summed E-state index contributed by atoms with van der Waals surface area (Å²) in [5, 5.41) is 2.33. The zero-order valence-corrected chi connectivity index (χ0v) is 12.6. The highest BCUT2D eigenvalue weighted by Gasteiger charge is 2.34. The van der Waals surface area contributed by atoms with Crippen LogP contribution < -0.4 is 10.2 Å². The van der Waals surface area contributed by atoms with Crippen LogP contribution in [-0.2, 0) is 14.4 Å². The van der Waals surface area contributed by atoms with Crippen LogP contribution in [0, 0.1) is 0 Å². The summed E-state index contributed by atoms with van der Waals surface area (Å²) in [6.45, 7) is 0.861. The van der Waals surface area contributed by atoms with Crippen molar-refractivity contribution in [1.82, 2.24) is 10.3 Å². The number of nitrogens with one attached hydrogen (secondary N) is 1. The number of amides is 2. The van der Waals surface area contributed by atoms with Crippen molar-refractivity contribution in [2.75, 3.05) is 18.0 Å². The van der Waals surface area contributed by atoms with Crippen LogP contribution in [-0.4, -0.2) is 41.8 Å². The Morgan fingerprint density at radius 2 is 2.04 bits per heavy atom. The number of carbonyl (C=O) groups is 3. The lowest BCUT2D eigenvalue weighted by molar-refractivity contribution is -0.134. The molecule has 2 fully saturated rings. The fourth-order valence-electron chi connectivity index (χ4n) is 3.03. The van der Waals surface area contributed by atoms with Crippen molar-refractivity contribution in [2.45, 2.75) is 37.3 Å². The summed E-state index contributed by atoms with van der Waals surface area (Å²) in [7, 11) is 0. The molecule has 3 heterocycles. The second kappa shape index (κ2) is 6.06. The van der Waals surface area contributed by atoms with E-state index in [2.05, 4.69) is 10.3 Å². The summed E-state index contributed by atoms with van der Waals surface area (Å²) in [6.07, 6.45) is 3.16. The lowest BCUT2D eigenvalue weighted by atomic mass is 9.91. The molecule has 122 valence electrons. The maximum absolute atomic E-state index is 13.9. The number of rotatable bonds is 3. The minimum atomic E-state index is -1.72. The normalized spacial score (nSPS) is 24.2. The lowest BCUT2D eigenvalue weighted by Crippen LogP contribution is -2.43. The number of piperidine rings is 2. The first kappa shape index (κ1) is 15.6. The second-order valence-corrected chi connectivity index (χ2v) is 6.09. The topological polar surface area (TPSA) is 79.4 Å². The van der Waals surface area contributed by atoms with Gasteiger partial charge in [0.25, 0.3) is 0 Å². The number of pyridine rings is 1. The number of carbonyl (C=O) groups excluding carboxylic acids is 3. The van der Waals surface area contributed by atoms with E-state index in [4.69, 9.17) is 0 Å². The number of anilines is 1. The molecule has 2 aliphatic heterocycles. The molecular weight excluding hydrogens is 301 g/mol. The number of nitrogens with zero attached hydrogens (tertiary/aromatic N) is 2. The summed E-state index contributed by atoms with van der Waals surface area (Å²) in [5.74, 6) is -0.186. The van der Waals surface area contributed by atoms with Crippen LogP contribution in [0.25, 0.3) is 0 Å². The molecule has 0 aliphatic carbocycles. The third kappa shape index (κ3) is 3.23. The van der Waals surface area contributed by atoms with Crippen LogP contribution in [0.4, 0.5) is 10.2 Å². The SMILES string of the molecule is O=CC1(F)CCN(c2ccc(C3CCC(=O)NC3=O)cn2)CC1. The molecule has 3 rings (SSSR count). The first-order valence-electron chi connectivity index (χ1n) is 7.71. The van der Waals surface area contributed by atoms with Gasteiger partial charge in [-0.1, -0.05) is 6.07 Å². The minimum absolute atomic E-state index is 0.160. The molecule has 23 heavy (non-hydrogen) atoms. The van der Waals surface area contributed by atoms with Gasteiger partial charge in [0.05, 0.1) is 5.92 Å². The monoisotopic (exact) mass is 319 g/mol. The van der Waals surface area contributed by atoms with Gasteiger partial charge in [-0.25, -0.2) is 9.37 Å². The van der Waals surface area contributed by atoms with Gasteiger partial charge in [-0.3, -0.25) is 19.7 Å². The van der Waals surface area contributed by atoms with E-state index in [0.717, 1.165) is 5.56 Å². The zero-order chi connectivity index (χ0) is 16.4. The summed E-state index contributed by atoms with van der Waals surface area (Å²) in [4.78, 5) is 40.0. The Bertz CT molecular complexity index is 624. The van der Waals surface area contributed by atoms with Gasteiger partial charge >= 0.3 is 0 Å². The largest absolute Gasteiger partial charge is 0.356 e. The van der Waals surface area contributed by atoms with E-state index in [-0.39, 0.29) is 30.6 Å². The zero-order valence-electron chi connectivity index (χ0n) is 12.6. The van der Waals surface area contributed by atoms with Crippen LogP contribution in [0.5, 0.6) is 0 Å². The van der Waals surface area contributed by atoms with Crippen LogP contribution in [0.15, 0.2) is 18.3 Å². The third-order valence-corrected chi connectivity index (χ3v) is 4.54. The summed E-state index contributed by atoms with van der Waals surface area (Å²) < 4.78 is 13.9. The van der Waals surface area contributed by atoms with Crippen molar-refractivity contribution in [3.05, 3.63) is 23.9 Å². The fraction of sp³-hybridized carbons (Fsp3) is 0.500. The van der Waals surface area contributed by atoms with Gasteiger partial charge in [-0.05, 0) is 18.1 Å². The molecule has 1 aromatic heterocycles. The number of halogens is 1. The summed E-state index contributed by atoms with van der Waals surface area (Å²) in [6, 6.07) is 3.62. The second-order valence-electron chi connectivity index (χ2n) is 6.09. The van der Waals surface area contributed by atoms with Gasteiger partial charge in [0, 0.05) is 38.5 Å². The number of imide groups is 1. The number of aromatic nitrogens is 1. The molecule has 2 saturated heterocycles. The molecule has 2 aliphatic rings. The van der Waals surface area contributed by atoms with Crippen molar-refractivity contribution >= 4 is 23.9 Å². The molecule has 1 unspecified atom stereocenters. The molecule has 0 saturated carbocycles. The highest BCUT2D eigenvalue weighted by molar-refractivity contribution is 6.00. The third-order valence-electron chi connectivity index (χ3n) is 4.54. The van der Waals surface area contributed by atoms with Gasteiger partial charge in [-0.15, -0.1) is 0 Å². The molecule has 2 amide bonds. The van der Waals surface area contributed by atoms with E-state index in [1.165, 1.54) is 0 Å². The minimum Gasteiger partial charge on any atom is -0.356 e. The van der Waals surface area contributed by atoms with E-state index < -0.39 is 5.67 Å².